The average molecular weight is 262 g/mol. The molecule has 0 saturated carbocycles. The molecule has 3 nitrogen and oxygen atoms in total. The van der Waals surface area contributed by atoms with Gasteiger partial charge in [-0.1, -0.05) is 17.7 Å². The topological polar surface area (TPSA) is 37.0 Å². The van der Waals surface area contributed by atoms with E-state index in [0.717, 1.165) is 35.6 Å². The maximum Gasteiger partial charge on any atom is 0.0747 e. The molecule has 1 aromatic carbocycles. The van der Waals surface area contributed by atoms with Gasteiger partial charge in [0.25, 0.3) is 0 Å². The van der Waals surface area contributed by atoms with E-state index in [1.165, 1.54) is 12.0 Å². The Morgan fingerprint density at radius 1 is 1.44 bits per heavy atom. The van der Waals surface area contributed by atoms with Crippen LogP contribution in [0.25, 0.3) is 10.9 Å². The zero-order valence-electron chi connectivity index (χ0n) is 10.1. The molecule has 0 radical (unpaired) electrons. The van der Waals surface area contributed by atoms with E-state index in [4.69, 9.17) is 11.6 Å². The molecule has 2 N–H and O–H groups in total. The Kier molecular flexibility index (Phi) is 3.46. The van der Waals surface area contributed by atoms with Crippen LogP contribution in [0.2, 0.25) is 5.02 Å². The van der Waals surface area contributed by atoms with Gasteiger partial charge in [0.05, 0.1) is 5.52 Å². The van der Waals surface area contributed by atoms with Crippen molar-refractivity contribution in [1.29, 1.82) is 0 Å². The molecule has 3 rings (SSSR count). The standard InChI is InChI=1S/C14H16ClN3/c15-12-6-10-2-1-4-17-14(10)11(7-12)8-18-13-3-5-16-9-13/h1-2,4,6-7,13,16,18H,3,5,8-9H2. The fourth-order valence-electron chi connectivity index (χ4n) is 2.45. The number of nitrogens with zero attached hydrogens (tertiary/aromatic N) is 1. The predicted molar refractivity (Wildman–Crippen MR) is 74.9 cm³/mol. The van der Waals surface area contributed by atoms with Gasteiger partial charge >= 0.3 is 0 Å². The first kappa shape index (κ1) is 11.9. The van der Waals surface area contributed by atoms with Crippen molar-refractivity contribution >= 4 is 22.5 Å². The Morgan fingerprint density at radius 2 is 2.39 bits per heavy atom. The van der Waals surface area contributed by atoms with Crippen molar-refractivity contribution in [2.45, 2.75) is 19.0 Å². The molecule has 1 aromatic heterocycles. The molecule has 1 aliphatic heterocycles. The van der Waals surface area contributed by atoms with Gasteiger partial charge in [0, 0.05) is 35.7 Å². The normalized spacial score (nSPS) is 19.5. The third-order valence-corrected chi connectivity index (χ3v) is 3.61. The molecule has 0 spiro atoms. The maximum absolute atomic E-state index is 6.15. The van der Waals surface area contributed by atoms with Gasteiger partial charge in [0.15, 0.2) is 0 Å². The van der Waals surface area contributed by atoms with Crippen LogP contribution in [0.15, 0.2) is 30.5 Å². The SMILES string of the molecule is Clc1cc(CNC2CCNC2)c2ncccc2c1. The quantitative estimate of drug-likeness (QED) is 0.891. The highest BCUT2D eigenvalue weighted by Gasteiger charge is 2.14. The first-order valence-corrected chi connectivity index (χ1v) is 6.68. The summed E-state index contributed by atoms with van der Waals surface area (Å²) in [7, 11) is 0. The third-order valence-electron chi connectivity index (χ3n) is 3.39. The number of aromatic nitrogens is 1. The van der Waals surface area contributed by atoms with Crippen molar-refractivity contribution in [1.82, 2.24) is 15.6 Å². The summed E-state index contributed by atoms with van der Waals surface area (Å²) >= 11 is 6.15. The molecule has 0 amide bonds. The minimum Gasteiger partial charge on any atom is -0.315 e. The second-order valence-corrected chi connectivity index (χ2v) is 5.15. The number of hydrogen-bond donors (Lipinski definition) is 2. The lowest BCUT2D eigenvalue weighted by Crippen LogP contribution is -2.30. The zero-order chi connectivity index (χ0) is 12.4. The van der Waals surface area contributed by atoms with Crippen molar-refractivity contribution in [3.8, 4) is 0 Å². The van der Waals surface area contributed by atoms with Crippen molar-refractivity contribution in [2.24, 2.45) is 0 Å². The zero-order valence-corrected chi connectivity index (χ0v) is 10.9. The summed E-state index contributed by atoms with van der Waals surface area (Å²) in [5.41, 5.74) is 2.21. The summed E-state index contributed by atoms with van der Waals surface area (Å²) < 4.78 is 0. The minimum absolute atomic E-state index is 0.558. The van der Waals surface area contributed by atoms with Gasteiger partial charge in [-0.25, -0.2) is 0 Å². The number of fused-ring (bicyclic) bond motifs is 1. The Hall–Kier alpha value is -1.16. The summed E-state index contributed by atoms with van der Waals surface area (Å²) in [5.74, 6) is 0. The summed E-state index contributed by atoms with van der Waals surface area (Å²) in [6.45, 7) is 2.97. The predicted octanol–water partition coefficient (Wildman–Crippen LogP) is 2.34. The van der Waals surface area contributed by atoms with Crippen molar-refractivity contribution in [2.75, 3.05) is 13.1 Å². The lowest BCUT2D eigenvalue weighted by molar-refractivity contribution is 0.548. The van der Waals surface area contributed by atoms with Gasteiger partial charge in [-0.2, -0.15) is 0 Å². The average Bonchev–Trinajstić information content (AvgIpc) is 2.89. The number of halogens is 1. The molecule has 0 aliphatic carbocycles. The van der Waals surface area contributed by atoms with Crippen LogP contribution in [-0.4, -0.2) is 24.1 Å². The molecule has 2 heterocycles. The Morgan fingerprint density at radius 3 is 3.22 bits per heavy atom. The Labute approximate surface area is 112 Å². The van der Waals surface area contributed by atoms with Gasteiger partial charge in [-0.15, -0.1) is 0 Å². The molecule has 1 unspecified atom stereocenters. The highest BCUT2D eigenvalue weighted by molar-refractivity contribution is 6.31. The van der Waals surface area contributed by atoms with Crippen LogP contribution in [-0.2, 0) is 6.54 Å². The van der Waals surface area contributed by atoms with Crippen LogP contribution in [0.3, 0.4) is 0 Å². The second kappa shape index (κ2) is 5.22. The van der Waals surface area contributed by atoms with E-state index < -0.39 is 0 Å². The molecule has 4 heteroatoms. The molecular weight excluding hydrogens is 246 g/mol. The van der Waals surface area contributed by atoms with Gasteiger partial charge in [0.2, 0.25) is 0 Å². The number of nitrogens with one attached hydrogen (secondary N) is 2. The highest BCUT2D eigenvalue weighted by atomic mass is 35.5. The van der Waals surface area contributed by atoms with Crippen LogP contribution < -0.4 is 10.6 Å². The van der Waals surface area contributed by atoms with E-state index in [0.29, 0.717) is 6.04 Å². The van der Waals surface area contributed by atoms with Crippen molar-refractivity contribution < 1.29 is 0 Å². The van der Waals surface area contributed by atoms with E-state index in [2.05, 4.69) is 21.7 Å². The Bertz CT molecular complexity index is 550. The smallest absolute Gasteiger partial charge is 0.0747 e. The number of pyridine rings is 1. The largest absolute Gasteiger partial charge is 0.315 e. The fourth-order valence-corrected chi connectivity index (χ4v) is 2.69. The fraction of sp³-hybridized carbons (Fsp3) is 0.357. The molecule has 0 bridgehead atoms. The Balaban J connectivity index is 1.85. The summed E-state index contributed by atoms with van der Waals surface area (Å²) in [5, 5.41) is 8.79. The number of rotatable bonds is 3. The molecule has 1 aliphatic rings. The molecule has 1 saturated heterocycles. The molecule has 94 valence electrons. The van der Waals surface area contributed by atoms with Crippen molar-refractivity contribution in [3.63, 3.8) is 0 Å². The van der Waals surface area contributed by atoms with Gasteiger partial charge in [-0.3, -0.25) is 4.98 Å². The van der Waals surface area contributed by atoms with Crippen LogP contribution in [0.5, 0.6) is 0 Å². The van der Waals surface area contributed by atoms with Gasteiger partial charge in [-0.05, 0) is 36.7 Å². The summed E-state index contributed by atoms with van der Waals surface area (Å²) in [6, 6.07) is 8.52. The minimum atomic E-state index is 0.558. The van der Waals surface area contributed by atoms with Crippen LogP contribution in [0.1, 0.15) is 12.0 Å². The lowest BCUT2D eigenvalue weighted by atomic mass is 10.1. The highest BCUT2D eigenvalue weighted by Crippen LogP contribution is 2.22. The number of benzene rings is 1. The second-order valence-electron chi connectivity index (χ2n) is 4.71. The van der Waals surface area contributed by atoms with Crippen LogP contribution in [0, 0.1) is 0 Å². The summed E-state index contributed by atoms with van der Waals surface area (Å²) in [4.78, 5) is 4.45. The molecule has 2 aromatic rings. The monoisotopic (exact) mass is 261 g/mol. The van der Waals surface area contributed by atoms with Gasteiger partial charge < -0.3 is 10.6 Å². The third kappa shape index (κ3) is 2.48. The molecule has 18 heavy (non-hydrogen) atoms. The first-order valence-electron chi connectivity index (χ1n) is 6.30. The molecule has 1 fully saturated rings. The number of hydrogen-bond acceptors (Lipinski definition) is 3. The van der Waals surface area contributed by atoms with Gasteiger partial charge in [0.1, 0.15) is 0 Å². The van der Waals surface area contributed by atoms with E-state index in [1.54, 1.807) is 0 Å². The summed E-state index contributed by atoms with van der Waals surface area (Å²) in [6.07, 6.45) is 3.02. The van der Waals surface area contributed by atoms with E-state index in [1.807, 2.05) is 24.4 Å². The van der Waals surface area contributed by atoms with Crippen LogP contribution >= 0.6 is 11.6 Å². The van der Waals surface area contributed by atoms with Crippen LogP contribution in [0.4, 0.5) is 0 Å². The van der Waals surface area contributed by atoms with Crippen molar-refractivity contribution in [3.05, 3.63) is 41.0 Å². The maximum atomic E-state index is 6.15. The van der Waals surface area contributed by atoms with E-state index in [-0.39, 0.29) is 0 Å². The first-order chi connectivity index (χ1) is 8.83. The van der Waals surface area contributed by atoms with E-state index >= 15 is 0 Å². The molecule has 1 atom stereocenters. The molecular formula is C14H16ClN3. The lowest BCUT2D eigenvalue weighted by Gasteiger charge is -2.12. The van der Waals surface area contributed by atoms with E-state index in [9.17, 15) is 0 Å².